The molecule has 0 saturated heterocycles. The van der Waals surface area contributed by atoms with Gasteiger partial charge in [0.2, 0.25) is 0 Å². The quantitative estimate of drug-likeness (QED) is 0.178. The van der Waals surface area contributed by atoms with Gasteiger partial charge in [-0.05, 0) is 96.2 Å². The van der Waals surface area contributed by atoms with E-state index in [2.05, 4.69) is 27.7 Å². The lowest BCUT2D eigenvalue weighted by atomic mass is 9.97. The molecule has 3 aromatic carbocycles. The second-order valence-corrected chi connectivity index (χ2v) is 10.0. The van der Waals surface area contributed by atoms with Gasteiger partial charge in [-0.1, -0.05) is 81.4 Å². The Hall–Kier alpha value is -3.54. The highest BCUT2D eigenvalue weighted by atomic mass is 16.3. The lowest BCUT2D eigenvalue weighted by Crippen LogP contribution is -1.91. The van der Waals surface area contributed by atoms with Crippen LogP contribution in [0, 0.1) is 20.8 Å². The van der Waals surface area contributed by atoms with Crippen LogP contribution in [0.3, 0.4) is 0 Å². The van der Waals surface area contributed by atoms with Crippen molar-refractivity contribution in [2.24, 2.45) is 0 Å². The number of hydrogen-bond donors (Lipinski definition) is 6. The monoisotopic (exact) mass is 558 g/mol. The van der Waals surface area contributed by atoms with Crippen molar-refractivity contribution in [3.8, 4) is 34.5 Å². The average molecular weight is 559 g/mol. The van der Waals surface area contributed by atoms with Crippen LogP contribution < -0.4 is 0 Å². The number of aromatic hydroxyl groups is 6. The number of benzene rings is 3. The molecule has 3 rings (SSSR count). The van der Waals surface area contributed by atoms with E-state index in [4.69, 9.17) is 10.2 Å². The average Bonchev–Trinajstić information content (AvgIpc) is 2.90. The minimum atomic E-state index is -0.0445. The van der Waals surface area contributed by atoms with Crippen LogP contribution >= 0.6 is 0 Å². The Morgan fingerprint density at radius 3 is 1.35 bits per heavy atom. The summed E-state index contributed by atoms with van der Waals surface area (Å²) in [7, 11) is 0. The molecule has 0 saturated carbocycles. The molecule has 0 amide bonds. The minimum Gasteiger partial charge on any atom is -0.504 e. The first kappa shape index (κ1) is 38.6. The van der Waals surface area contributed by atoms with E-state index in [0.717, 1.165) is 33.4 Å². The van der Waals surface area contributed by atoms with Crippen molar-refractivity contribution < 1.29 is 30.6 Å². The SMILES string of the molecule is CC.CC.Cc1c(C(C)C)ccc(O)c1O.Cc1cc(C(C)C)cc(O)c1O.Cc1cc(O)c(O)cc1C(C)C. The van der Waals surface area contributed by atoms with Gasteiger partial charge in [-0.25, -0.2) is 0 Å². The molecule has 0 aliphatic rings. The smallest absolute Gasteiger partial charge is 0.160 e. The Kier molecular flexibility index (Phi) is 18.0. The predicted molar refractivity (Wildman–Crippen MR) is 168 cm³/mol. The van der Waals surface area contributed by atoms with E-state index in [0.29, 0.717) is 17.8 Å². The molecular weight excluding hydrogens is 504 g/mol. The van der Waals surface area contributed by atoms with Crippen molar-refractivity contribution in [1.82, 2.24) is 0 Å². The molecule has 40 heavy (non-hydrogen) atoms. The standard InChI is InChI=1S/3C10H14O2.2C2H6/c1-6(2)8-5-10(12)9(11)4-7(8)3;1-6(2)8-4-7(3)10(12)9(11)5-8;1-6(2)8-4-5-9(11)10(12)7(8)3;2*1-2/h3*4-6,11-12H,1-3H3;2*1-2H3. The fourth-order valence-electron chi connectivity index (χ4n) is 3.77. The fraction of sp³-hybridized carbons (Fsp3) is 0.471. The first-order valence-corrected chi connectivity index (χ1v) is 14.1. The van der Waals surface area contributed by atoms with E-state index in [1.807, 2.05) is 67.5 Å². The van der Waals surface area contributed by atoms with Gasteiger partial charge in [0.15, 0.2) is 34.5 Å². The molecule has 0 aliphatic carbocycles. The molecule has 3 aromatic rings. The van der Waals surface area contributed by atoms with Crippen molar-refractivity contribution in [2.75, 3.05) is 0 Å². The highest BCUT2D eigenvalue weighted by Gasteiger charge is 2.10. The summed E-state index contributed by atoms with van der Waals surface area (Å²) >= 11 is 0. The molecule has 6 N–H and O–H groups in total. The Morgan fingerprint density at radius 1 is 0.450 bits per heavy atom. The molecule has 0 fully saturated rings. The molecule has 0 radical (unpaired) electrons. The maximum Gasteiger partial charge on any atom is 0.160 e. The van der Waals surface area contributed by atoms with Crippen LogP contribution in [0.15, 0.2) is 36.4 Å². The van der Waals surface area contributed by atoms with Crippen LogP contribution in [0.4, 0.5) is 0 Å². The Morgan fingerprint density at radius 2 is 0.925 bits per heavy atom. The molecule has 0 spiro atoms. The first-order chi connectivity index (χ1) is 18.6. The molecule has 0 unspecified atom stereocenters. The van der Waals surface area contributed by atoms with E-state index in [1.54, 1.807) is 25.1 Å². The van der Waals surface area contributed by atoms with Crippen LogP contribution in [-0.2, 0) is 0 Å². The second-order valence-electron chi connectivity index (χ2n) is 10.0. The van der Waals surface area contributed by atoms with Gasteiger partial charge in [0.25, 0.3) is 0 Å². The highest BCUT2D eigenvalue weighted by molar-refractivity contribution is 5.49. The lowest BCUT2D eigenvalue weighted by molar-refractivity contribution is 0.400. The van der Waals surface area contributed by atoms with Gasteiger partial charge in [-0.2, -0.15) is 0 Å². The van der Waals surface area contributed by atoms with Crippen molar-refractivity contribution in [2.45, 2.75) is 108 Å². The lowest BCUT2D eigenvalue weighted by Gasteiger charge is -2.11. The van der Waals surface area contributed by atoms with E-state index in [-0.39, 0.29) is 34.5 Å². The van der Waals surface area contributed by atoms with Gasteiger partial charge in [-0.3, -0.25) is 0 Å². The van der Waals surface area contributed by atoms with Crippen LogP contribution in [-0.4, -0.2) is 30.6 Å². The van der Waals surface area contributed by atoms with E-state index >= 15 is 0 Å². The van der Waals surface area contributed by atoms with Crippen molar-refractivity contribution >= 4 is 0 Å². The third kappa shape index (κ3) is 11.7. The molecule has 6 heteroatoms. The second kappa shape index (κ2) is 18.7. The summed E-state index contributed by atoms with van der Waals surface area (Å²) in [5, 5.41) is 55.5. The van der Waals surface area contributed by atoms with Crippen LogP contribution in [0.5, 0.6) is 34.5 Å². The zero-order chi connectivity index (χ0) is 31.9. The summed E-state index contributed by atoms with van der Waals surface area (Å²) in [6, 6.07) is 10.1. The van der Waals surface area contributed by atoms with Gasteiger partial charge in [-0.15, -0.1) is 0 Å². The van der Waals surface area contributed by atoms with Gasteiger partial charge >= 0.3 is 0 Å². The van der Waals surface area contributed by atoms with Gasteiger partial charge in [0, 0.05) is 0 Å². The maximum atomic E-state index is 9.39. The summed E-state index contributed by atoms with van der Waals surface area (Å²) in [5.74, 6) is 0.945. The van der Waals surface area contributed by atoms with E-state index in [1.165, 1.54) is 6.07 Å². The Bertz CT molecular complexity index is 1130. The number of aryl methyl sites for hydroxylation is 2. The summed E-state index contributed by atoms with van der Waals surface area (Å²) in [6.07, 6.45) is 0. The summed E-state index contributed by atoms with van der Waals surface area (Å²) in [6.45, 7) is 25.8. The zero-order valence-corrected chi connectivity index (χ0v) is 26.9. The van der Waals surface area contributed by atoms with Gasteiger partial charge in [0.1, 0.15) is 0 Å². The third-order valence-electron chi connectivity index (χ3n) is 6.03. The molecule has 0 aromatic heterocycles. The summed E-state index contributed by atoms with van der Waals surface area (Å²) < 4.78 is 0. The topological polar surface area (TPSA) is 121 Å². The number of hydrogen-bond acceptors (Lipinski definition) is 6. The molecule has 0 heterocycles. The predicted octanol–water partition coefficient (Wildman–Crippen LogP) is 9.64. The number of rotatable bonds is 3. The first-order valence-electron chi connectivity index (χ1n) is 14.1. The largest absolute Gasteiger partial charge is 0.504 e. The normalized spacial score (nSPS) is 9.90. The number of phenols is 6. The Balaban J connectivity index is 0. The molecule has 6 nitrogen and oxygen atoms in total. The Labute approximate surface area is 242 Å². The van der Waals surface area contributed by atoms with Crippen molar-refractivity contribution in [1.29, 1.82) is 0 Å². The van der Waals surface area contributed by atoms with Crippen LogP contribution in [0.2, 0.25) is 0 Å². The van der Waals surface area contributed by atoms with Crippen LogP contribution in [0.25, 0.3) is 0 Å². The summed E-state index contributed by atoms with van der Waals surface area (Å²) in [5.41, 5.74) is 5.70. The highest BCUT2D eigenvalue weighted by Crippen LogP contribution is 2.34. The number of phenolic OH excluding ortho intramolecular Hbond substituents is 6. The fourth-order valence-corrected chi connectivity index (χ4v) is 3.77. The van der Waals surface area contributed by atoms with Crippen molar-refractivity contribution in [3.63, 3.8) is 0 Å². The van der Waals surface area contributed by atoms with Gasteiger partial charge < -0.3 is 30.6 Å². The molecule has 0 bridgehead atoms. The van der Waals surface area contributed by atoms with E-state index in [9.17, 15) is 20.4 Å². The molecular formula is C34H54O6. The van der Waals surface area contributed by atoms with Crippen molar-refractivity contribution in [3.05, 3.63) is 69.8 Å². The third-order valence-corrected chi connectivity index (χ3v) is 6.03. The molecule has 0 atom stereocenters. The molecule has 226 valence electrons. The minimum absolute atomic E-state index is 0.00111. The van der Waals surface area contributed by atoms with Crippen LogP contribution in [0.1, 0.15) is 120 Å². The molecule has 0 aliphatic heterocycles. The maximum absolute atomic E-state index is 9.39. The zero-order valence-electron chi connectivity index (χ0n) is 26.9. The summed E-state index contributed by atoms with van der Waals surface area (Å²) in [4.78, 5) is 0. The van der Waals surface area contributed by atoms with Gasteiger partial charge in [0.05, 0.1) is 0 Å². The van der Waals surface area contributed by atoms with E-state index < -0.39 is 0 Å².